The van der Waals surface area contributed by atoms with Crippen LogP contribution in [0, 0.1) is 10.7 Å². The highest BCUT2D eigenvalue weighted by Gasteiger charge is 2.24. The third-order valence-electron chi connectivity index (χ3n) is 4.44. The molecule has 1 amide bonds. The first-order chi connectivity index (χ1) is 11.2. The molecule has 1 aromatic heterocycles. The first-order valence-electron chi connectivity index (χ1n) is 7.99. The number of aliphatic hydroxyl groups is 1. The molecule has 1 aromatic carbocycles. The van der Waals surface area contributed by atoms with Crippen LogP contribution in [0.15, 0.2) is 36.5 Å². The van der Waals surface area contributed by atoms with Gasteiger partial charge < -0.3 is 15.4 Å². The number of benzene rings is 1. The van der Waals surface area contributed by atoms with Gasteiger partial charge in [-0.1, -0.05) is 31.0 Å². The molecule has 1 aliphatic rings. The van der Waals surface area contributed by atoms with Crippen molar-refractivity contribution in [2.24, 2.45) is 5.92 Å². The SMILES string of the molecule is O=C(NCC(O)C1CCCC1)c1c[nH]c(=S)n1-c1ccccc1. The van der Waals surface area contributed by atoms with Crippen molar-refractivity contribution in [2.45, 2.75) is 31.8 Å². The van der Waals surface area contributed by atoms with E-state index in [1.54, 1.807) is 10.8 Å². The summed E-state index contributed by atoms with van der Waals surface area (Å²) in [6.45, 7) is 0.274. The molecule has 0 saturated heterocycles. The molecule has 5 nitrogen and oxygen atoms in total. The third-order valence-corrected chi connectivity index (χ3v) is 4.74. The zero-order chi connectivity index (χ0) is 16.2. The zero-order valence-corrected chi connectivity index (χ0v) is 13.7. The maximum atomic E-state index is 12.5. The maximum Gasteiger partial charge on any atom is 0.269 e. The number of carbonyl (C=O) groups is 1. The van der Waals surface area contributed by atoms with Gasteiger partial charge in [-0.3, -0.25) is 9.36 Å². The van der Waals surface area contributed by atoms with Crippen LogP contribution in [0.1, 0.15) is 36.2 Å². The number of H-pyrrole nitrogens is 1. The van der Waals surface area contributed by atoms with Gasteiger partial charge in [0.1, 0.15) is 5.69 Å². The van der Waals surface area contributed by atoms with Crippen LogP contribution in [0.25, 0.3) is 5.69 Å². The van der Waals surface area contributed by atoms with E-state index in [2.05, 4.69) is 10.3 Å². The predicted molar refractivity (Wildman–Crippen MR) is 91.3 cm³/mol. The Kier molecular flexibility index (Phi) is 4.93. The number of nitrogens with zero attached hydrogens (tertiary/aromatic N) is 1. The highest BCUT2D eigenvalue weighted by Crippen LogP contribution is 2.27. The van der Waals surface area contributed by atoms with Crippen LogP contribution in [0.2, 0.25) is 0 Å². The molecule has 6 heteroatoms. The Balaban J connectivity index is 1.72. The Morgan fingerprint density at radius 3 is 2.74 bits per heavy atom. The fourth-order valence-electron chi connectivity index (χ4n) is 3.17. The monoisotopic (exact) mass is 331 g/mol. The summed E-state index contributed by atoms with van der Waals surface area (Å²) < 4.78 is 2.17. The summed E-state index contributed by atoms with van der Waals surface area (Å²) in [7, 11) is 0. The Morgan fingerprint density at radius 2 is 2.04 bits per heavy atom. The van der Waals surface area contributed by atoms with E-state index in [1.165, 1.54) is 12.8 Å². The smallest absolute Gasteiger partial charge is 0.269 e. The molecule has 1 atom stereocenters. The molecule has 1 saturated carbocycles. The average molecular weight is 331 g/mol. The molecule has 23 heavy (non-hydrogen) atoms. The zero-order valence-electron chi connectivity index (χ0n) is 12.9. The lowest BCUT2D eigenvalue weighted by molar-refractivity contribution is 0.0835. The van der Waals surface area contributed by atoms with Crippen molar-refractivity contribution in [3.05, 3.63) is 47.0 Å². The van der Waals surface area contributed by atoms with Crippen molar-refractivity contribution in [3.8, 4) is 5.69 Å². The number of hydrogen-bond acceptors (Lipinski definition) is 3. The van der Waals surface area contributed by atoms with E-state index in [0.717, 1.165) is 18.5 Å². The van der Waals surface area contributed by atoms with Gasteiger partial charge in [0.05, 0.1) is 6.10 Å². The molecule has 3 rings (SSSR count). The predicted octanol–water partition coefficient (Wildman–Crippen LogP) is 2.82. The Labute approximate surface area is 140 Å². The number of aromatic amines is 1. The van der Waals surface area contributed by atoms with Crippen molar-refractivity contribution in [1.29, 1.82) is 0 Å². The van der Waals surface area contributed by atoms with Crippen LogP contribution < -0.4 is 5.32 Å². The van der Waals surface area contributed by atoms with Crippen LogP contribution >= 0.6 is 12.2 Å². The summed E-state index contributed by atoms with van der Waals surface area (Å²) in [5.74, 6) is 0.0653. The lowest BCUT2D eigenvalue weighted by atomic mass is 10.0. The number of imidazole rings is 1. The summed E-state index contributed by atoms with van der Waals surface area (Å²) in [5.41, 5.74) is 1.28. The molecule has 1 fully saturated rings. The summed E-state index contributed by atoms with van der Waals surface area (Å²) in [6.07, 6.45) is 5.55. The minimum Gasteiger partial charge on any atom is -0.391 e. The number of rotatable bonds is 5. The summed E-state index contributed by atoms with van der Waals surface area (Å²) in [6, 6.07) is 9.50. The normalized spacial score (nSPS) is 16.4. The highest BCUT2D eigenvalue weighted by molar-refractivity contribution is 7.71. The van der Waals surface area contributed by atoms with Crippen molar-refractivity contribution < 1.29 is 9.90 Å². The molecule has 0 aliphatic heterocycles. The van der Waals surface area contributed by atoms with Gasteiger partial charge in [-0.15, -0.1) is 0 Å². The molecule has 0 radical (unpaired) electrons. The second-order valence-corrected chi connectivity index (χ2v) is 6.36. The molecule has 122 valence electrons. The fourth-order valence-corrected chi connectivity index (χ4v) is 3.43. The number of aliphatic hydroxyl groups excluding tert-OH is 1. The van der Waals surface area contributed by atoms with Gasteiger partial charge in [-0.2, -0.15) is 0 Å². The van der Waals surface area contributed by atoms with E-state index in [9.17, 15) is 9.90 Å². The van der Waals surface area contributed by atoms with E-state index < -0.39 is 6.10 Å². The van der Waals surface area contributed by atoms with Gasteiger partial charge in [0.15, 0.2) is 4.77 Å². The van der Waals surface area contributed by atoms with Crippen LogP contribution in [-0.2, 0) is 0 Å². The second-order valence-electron chi connectivity index (χ2n) is 5.97. The van der Waals surface area contributed by atoms with Crippen LogP contribution in [0.3, 0.4) is 0 Å². The molecular formula is C17H21N3O2S. The number of hydrogen-bond donors (Lipinski definition) is 3. The standard InChI is InChI=1S/C17H21N3O2S/c21-15(12-6-4-5-7-12)11-18-16(22)14-10-19-17(23)20(14)13-8-2-1-3-9-13/h1-3,8-10,12,15,21H,4-7,11H2,(H,18,22)(H,19,23). The van der Waals surface area contributed by atoms with E-state index >= 15 is 0 Å². The lowest BCUT2D eigenvalue weighted by Crippen LogP contribution is -2.36. The van der Waals surface area contributed by atoms with Crippen molar-refractivity contribution in [1.82, 2.24) is 14.9 Å². The van der Waals surface area contributed by atoms with Crippen LogP contribution in [-0.4, -0.2) is 33.2 Å². The molecule has 1 heterocycles. The Hall–Kier alpha value is -1.92. The highest BCUT2D eigenvalue weighted by atomic mass is 32.1. The topological polar surface area (TPSA) is 70.1 Å². The van der Waals surface area contributed by atoms with Gasteiger partial charge in [-0.25, -0.2) is 0 Å². The Bertz CT molecular complexity index is 717. The first kappa shape index (κ1) is 16.0. The Morgan fingerprint density at radius 1 is 1.35 bits per heavy atom. The van der Waals surface area contributed by atoms with Gasteiger partial charge >= 0.3 is 0 Å². The summed E-state index contributed by atoms with van der Waals surface area (Å²) in [4.78, 5) is 15.4. The van der Waals surface area contributed by atoms with Crippen molar-refractivity contribution >= 4 is 18.1 Å². The molecule has 0 bridgehead atoms. The van der Waals surface area contributed by atoms with Crippen LogP contribution in [0.4, 0.5) is 0 Å². The largest absolute Gasteiger partial charge is 0.391 e. The number of nitrogens with one attached hydrogen (secondary N) is 2. The lowest BCUT2D eigenvalue weighted by Gasteiger charge is -2.18. The van der Waals surface area contributed by atoms with Gasteiger partial charge in [0.25, 0.3) is 5.91 Å². The average Bonchev–Trinajstić information content (AvgIpc) is 3.22. The van der Waals surface area contributed by atoms with E-state index in [4.69, 9.17) is 12.2 Å². The number of aromatic nitrogens is 2. The molecule has 2 aromatic rings. The second kappa shape index (κ2) is 7.10. The van der Waals surface area contributed by atoms with Crippen molar-refractivity contribution in [3.63, 3.8) is 0 Å². The van der Waals surface area contributed by atoms with Gasteiger partial charge in [0, 0.05) is 18.4 Å². The quantitative estimate of drug-likeness (QED) is 0.738. The van der Waals surface area contributed by atoms with Crippen LogP contribution in [0.5, 0.6) is 0 Å². The van der Waals surface area contributed by atoms with Crippen molar-refractivity contribution in [2.75, 3.05) is 6.54 Å². The minimum absolute atomic E-state index is 0.238. The molecule has 0 spiro atoms. The molecule has 1 unspecified atom stereocenters. The first-order valence-corrected chi connectivity index (χ1v) is 8.40. The minimum atomic E-state index is -0.478. The van der Waals surface area contributed by atoms with Gasteiger partial charge in [0.2, 0.25) is 0 Å². The summed E-state index contributed by atoms with van der Waals surface area (Å²) in [5, 5.41) is 13.0. The van der Waals surface area contributed by atoms with E-state index in [1.807, 2.05) is 30.3 Å². The number of carbonyl (C=O) groups excluding carboxylic acids is 1. The molecular weight excluding hydrogens is 310 g/mol. The maximum absolute atomic E-state index is 12.5. The molecule has 3 N–H and O–H groups in total. The third kappa shape index (κ3) is 3.54. The van der Waals surface area contributed by atoms with E-state index in [-0.39, 0.29) is 12.5 Å². The summed E-state index contributed by atoms with van der Waals surface area (Å²) >= 11 is 5.28. The molecule has 1 aliphatic carbocycles. The fraction of sp³-hybridized carbons (Fsp3) is 0.412. The number of amides is 1. The van der Waals surface area contributed by atoms with E-state index in [0.29, 0.717) is 16.4 Å². The van der Waals surface area contributed by atoms with Gasteiger partial charge in [-0.05, 0) is 43.1 Å². The number of para-hydroxylation sites is 1.